The zero-order valence-electron chi connectivity index (χ0n) is 19.2. The number of allylic oxidation sites excluding steroid dienone is 1. The summed E-state index contributed by atoms with van der Waals surface area (Å²) in [5, 5.41) is 11.1. The van der Waals surface area contributed by atoms with E-state index in [9.17, 15) is 4.79 Å². The van der Waals surface area contributed by atoms with Crippen molar-refractivity contribution in [3.8, 4) is 17.1 Å². The summed E-state index contributed by atoms with van der Waals surface area (Å²) >= 11 is 0. The summed E-state index contributed by atoms with van der Waals surface area (Å²) in [6, 6.07) is 24.7. The number of hydrogen-bond acceptors (Lipinski definition) is 5. The van der Waals surface area contributed by atoms with Crippen molar-refractivity contribution >= 4 is 17.5 Å². The number of benzene rings is 3. The number of aryl methyl sites for hydroxylation is 1. The fraction of sp³-hybridized carbons (Fsp3) is 0.148. The summed E-state index contributed by atoms with van der Waals surface area (Å²) in [4.78, 5) is 18.3. The number of amides is 1. The van der Waals surface area contributed by atoms with Crippen molar-refractivity contribution in [2.45, 2.75) is 19.9 Å². The molecule has 1 amide bonds. The molecule has 7 nitrogen and oxygen atoms in total. The van der Waals surface area contributed by atoms with Crippen molar-refractivity contribution in [2.75, 3.05) is 17.7 Å². The number of ether oxygens (including phenoxy) is 1. The molecule has 1 unspecified atom stereocenters. The average Bonchev–Trinajstić information content (AvgIpc) is 3.27. The third kappa shape index (κ3) is 4.03. The molecule has 3 aromatic carbocycles. The van der Waals surface area contributed by atoms with Gasteiger partial charge in [-0.25, -0.2) is 4.68 Å². The van der Waals surface area contributed by atoms with Crippen LogP contribution >= 0.6 is 0 Å². The maximum absolute atomic E-state index is 13.5. The third-order valence-corrected chi connectivity index (χ3v) is 5.81. The molecule has 0 spiro atoms. The van der Waals surface area contributed by atoms with E-state index in [1.165, 1.54) is 0 Å². The van der Waals surface area contributed by atoms with Crippen molar-refractivity contribution in [1.29, 1.82) is 0 Å². The van der Waals surface area contributed by atoms with E-state index >= 15 is 0 Å². The maximum atomic E-state index is 13.5. The van der Waals surface area contributed by atoms with E-state index in [1.54, 1.807) is 11.8 Å². The molecule has 0 saturated carbocycles. The highest BCUT2D eigenvalue weighted by atomic mass is 16.5. The van der Waals surface area contributed by atoms with Gasteiger partial charge in [-0.1, -0.05) is 54.1 Å². The summed E-state index contributed by atoms with van der Waals surface area (Å²) in [5.41, 5.74) is 4.92. The predicted octanol–water partition coefficient (Wildman–Crippen LogP) is 5.19. The van der Waals surface area contributed by atoms with Crippen LogP contribution in [0, 0.1) is 6.92 Å². The molecule has 1 aliphatic heterocycles. The minimum Gasteiger partial charge on any atom is -0.497 e. The molecule has 2 heterocycles. The summed E-state index contributed by atoms with van der Waals surface area (Å²) in [5.74, 6) is 1.68. The van der Waals surface area contributed by atoms with Crippen molar-refractivity contribution in [3.05, 3.63) is 101 Å². The second kappa shape index (κ2) is 8.86. The molecule has 0 saturated heterocycles. The number of nitrogens with one attached hydrogen (secondary N) is 2. The first kappa shape index (κ1) is 21.5. The van der Waals surface area contributed by atoms with Crippen molar-refractivity contribution < 1.29 is 9.53 Å². The molecule has 2 N–H and O–H groups in total. The Kier molecular flexibility index (Phi) is 5.59. The summed E-state index contributed by atoms with van der Waals surface area (Å²) in [6.07, 6.45) is 0. The van der Waals surface area contributed by atoms with E-state index in [4.69, 9.17) is 14.8 Å². The molecule has 0 radical (unpaired) electrons. The van der Waals surface area contributed by atoms with Gasteiger partial charge in [0.1, 0.15) is 11.8 Å². The first-order valence-corrected chi connectivity index (χ1v) is 11.0. The fourth-order valence-electron chi connectivity index (χ4n) is 4.19. The van der Waals surface area contributed by atoms with E-state index in [0.29, 0.717) is 23.1 Å². The summed E-state index contributed by atoms with van der Waals surface area (Å²) in [7, 11) is 1.63. The summed E-state index contributed by atoms with van der Waals surface area (Å²) in [6.45, 7) is 3.92. The number of hydrogen-bond donors (Lipinski definition) is 2. The van der Waals surface area contributed by atoms with Crippen LogP contribution in [0.3, 0.4) is 0 Å². The smallest absolute Gasteiger partial charge is 0.255 e. The Morgan fingerprint density at radius 1 is 1.00 bits per heavy atom. The topological polar surface area (TPSA) is 81.1 Å². The van der Waals surface area contributed by atoms with Crippen LogP contribution in [0.4, 0.5) is 11.6 Å². The van der Waals surface area contributed by atoms with Crippen molar-refractivity contribution in [2.24, 2.45) is 0 Å². The SMILES string of the molecule is COc1cccc(C2C(C(=O)Nc3ccccc3)=C(C)Nc3nc(-c4cccc(C)c4)nn32)c1. The lowest BCUT2D eigenvalue weighted by Gasteiger charge is -2.28. The van der Waals surface area contributed by atoms with E-state index in [1.807, 2.05) is 92.7 Å². The number of methoxy groups -OCH3 is 1. The van der Waals surface area contributed by atoms with Gasteiger partial charge in [0.2, 0.25) is 5.95 Å². The van der Waals surface area contributed by atoms with Gasteiger partial charge in [-0.2, -0.15) is 4.98 Å². The van der Waals surface area contributed by atoms with Gasteiger partial charge in [0, 0.05) is 16.9 Å². The number of carbonyl (C=O) groups excluding carboxylic acids is 1. The van der Waals surface area contributed by atoms with E-state index < -0.39 is 6.04 Å². The first-order valence-electron chi connectivity index (χ1n) is 11.0. The highest BCUT2D eigenvalue weighted by Crippen LogP contribution is 2.37. The number of carbonyl (C=O) groups is 1. The Labute approximate surface area is 198 Å². The van der Waals surface area contributed by atoms with Gasteiger partial charge < -0.3 is 15.4 Å². The van der Waals surface area contributed by atoms with Crippen LogP contribution in [0.1, 0.15) is 24.1 Å². The zero-order chi connectivity index (χ0) is 23.7. The molecule has 0 aliphatic carbocycles. The van der Waals surface area contributed by atoms with Crippen LogP contribution in [0.25, 0.3) is 11.4 Å². The minimum atomic E-state index is -0.485. The second-order valence-electron chi connectivity index (χ2n) is 8.24. The van der Waals surface area contributed by atoms with Crippen molar-refractivity contribution in [3.63, 3.8) is 0 Å². The first-order chi connectivity index (χ1) is 16.5. The highest BCUT2D eigenvalue weighted by Gasteiger charge is 2.34. The van der Waals surface area contributed by atoms with Gasteiger partial charge in [0.05, 0.1) is 12.7 Å². The molecule has 34 heavy (non-hydrogen) atoms. The number of rotatable bonds is 5. The molecule has 5 rings (SSSR count). The standard InChI is InChI=1S/C27H25N5O2/c1-17-9-7-11-20(15-17)25-30-27-28-18(2)23(26(33)29-21-12-5-4-6-13-21)24(32(27)31-25)19-10-8-14-22(16-19)34-3/h4-16,24H,1-3H3,(H,29,33)(H,28,30,31). The second-order valence-corrected chi connectivity index (χ2v) is 8.24. The molecule has 170 valence electrons. The number of aromatic nitrogens is 3. The number of nitrogens with zero attached hydrogens (tertiary/aromatic N) is 3. The van der Waals surface area contributed by atoms with Gasteiger partial charge in [-0.05, 0) is 49.7 Å². The monoisotopic (exact) mass is 451 g/mol. The Bertz CT molecular complexity index is 1390. The van der Waals surface area contributed by atoms with E-state index in [2.05, 4.69) is 10.6 Å². The molecule has 1 aromatic heterocycles. The molecular formula is C27H25N5O2. The zero-order valence-corrected chi connectivity index (χ0v) is 19.2. The van der Waals surface area contributed by atoms with Crippen LogP contribution < -0.4 is 15.4 Å². The molecule has 7 heteroatoms. The lowest BCUT2D eigenvalue weighted by molar-refractivity contribution is -0.113. The Hall–Kier alpha value is -4.39. The van der Waals surface area contributed by atoms with Gasteiger partial charge in [-0.15, -0.1) is 5.10 Å². The maximum Gasteiger partial charge on any atom is 0.255 e. The largest absolute Gasteiger partial charge is 0.497 e. The van der Waals surface area contributed by atoms with Crippen LogP contribution in [-0.4, -0.2) is 27.8 Å². The predicted molar refractivity (Wildman–Crippen MR) is 133 cm³/mol. The number of anilines is 2. The van der Waals surface area contributed by atoms with Crippen molar-refractivity contribution in [1.82, 2.24) is 14.8 Å². The number of para-hydroxylation sites is 1. The van der Waals surface area contributed by atoms with Crippen LogP contribution in [-0.2, 0) is 4.79 Å². The van der Waals surface area contributed by atoms with E-state index in [-0.39, 0.29) is 5.91 Å². The lowest BCUT2D eigenvalue weighted by atomic mass is 9.95. The Morgan fingerprint density at radius 3 is 2.56 bits per heavy atom. The highest BCUT2D eigenvalue weighted by molar-refractivity contribution is 6.06. The van der Waals surface area contributed by atoms with Gasteiger partial charge >= 0.3 is 0 Å². The lowest BCUT2D eigenvalue weighted by Crippen LogP contribution is -2.31. The average molecular weight is 452 g/mol. The molecule has 4 aromatic rings. The molecule has 0 fully saturated rings. The quantitative estimate of drug-likeness (QED) is 0.436. The molecule has 1 atom stereocenters. The normalized spacial score (nSPS) is 14.9. The van der Waals surface area contributed by atoms with Gasteiger partial charge in [0.25, 0.3) is 5.91 Å². The fourth-order valence-corrected chi connectivity index (χ4v) is 4.19. The van der Waals surface area contributed by atoms with Crippen LogP contribution in [0.15, 0.2) is 90.1 Å². The van der Waals surface area contributed by atoms with Gasteiger partial charge in [-0.3, -0.25) is 4.79 Å². The molecule has 0 bridgehead atoms. The third-order valence-electron chi connectivity index (χ3n) is 5.81. The van der Waals surface area contributed by atoms with Crippen LogP contribution in [0.5, 0.6) is 5.75 Å². The molecule has 1 aliphatic rings. The Morgan fingerprint density at radius 2 is 1.79 bits per heavy atom. The Balaban J connectivity index is 1.62. The number of fused-ring (bicyclic) bond motifs is 1. The van der Waals surface area contributed by atoms with Gasteiger partial charge in [0.15, 0.2) is 5.82 Å². The molecular weight excluding hydrogens is 426 g/mol. The minimum absolute atomic E-state index is 0.206. The summed E-state index contributed by atoms with van der Waals surface area (Å²) < 4.78 is 7.24. The van der Waals surface area contributed by atoms with Crippen LogP contribution in [0.2, 0.25) is 0 Å². The van der Waals surface area contributed by atoms with E-state index in [0.717, 1.165) is 28.1 Å².